The van der Waals surface area contributed by atoms with Gasteiger partial charge in [-0.15, -0.1) is 0 Å². The molecular formula is C26H28ClN3O4. The molecule has 0 bridgehead atoms. The molecule has 0 unspecified atom stereocenters. The summed E-state index contributed by atoms with van der Waals surface area (Å²) in [5, 5.41) is 2.74. The Morgan fingerprint density at radius 3 is 2.53 bits per heavy atom. The standard InChI is InChI=1S/C26H28ClN3O4/c1-16-12-13-21(34-3)20(14-16)30-25(32)22(27)23(26(30)33)28-18-9-7-8-17(15-18)24(31)29(2)19-10-5-4-6-11-19/h7-9,12-15,19,28H,4-6,10-11H2,1-3H3. The number of nitrogens with one attached hydrogen (secondary N) is 1. The Bertz CT molecular complexity index is 1170. The topological polar surface area (TPSA) is 79.0 Å². The van der Waals surface area contributed by atoms with Crippen molar-refractivity contribution < 1.29 is 19.1 Å². The average molecular weight is 482 g/mol. The maximum Gasteiger partial charge on any atom is 0.283 e. The number of hydrogen-bond acceptors (Lipinski definition) is 5. The van der Waals surface area contributed by atoms with Crippen molar-refractivity contribution in [1.82, 2.24) is 4.90 Å². The van der Waals surface area contributed by atoms with Gasteiger partial charge in [-0.2, -0.15) is 0 Å². The van der Waals surface area contributed by atoms with Gasteiger partial charge >= 0.3 is 0 Å². The van der Waals surface area contributed by atoms with E-state index in [0.29, 0.717) is 22.7 Å². The lowest BCUT2D eigenvalue weighted by Crippen LogP contribution is -2.38. The number of nitrogens with zero attached hydrogens (tertiary/aromatic N) is 2. The van der Waals surface area contributed by atoms with Gasteiger partial charge in [-0.25, -0.2) is 4.90 Å². The van der Waals surface area contributed by atoms with Crippen LogP contribution < -0.4 is 15.0 Å². The molecule has 2 aromatic carbocycles. The molecule has 2 aromatic rings. The first-order chi connectivity index (χ1) is 16.3. The highest BCUT2D eigenvalue weighted by Crippen LogP contribution is 2.36. The second-order valence-electron chi connectivity index (χ2n) is 8.72. The number of imide groups is 1. The molecule has 178 valence electrons. The molecule has 1 heterocycles. The van der Waals surface area contributed by atoms with E-state index >= 15 is 0 Å². The maximum atomic E-state index is 13.2. The zero-order valence-corrected chi connectivity index (χ0v) is 20.3. The molecule has 7 nitrogen and oxygen atoms in total. The minimum absolute atomic E-state index is 0.0412. The van der Waals surface area contributed by atoms with Crippen LogP contribution in [0.1, 0.15) is 48.0 Å². The van der Waals surface area contributed by atoms with Crippen LogP contribution in [0.5, 0.6) is 5.75 Å². The number of benzene rings is 2. The van der Waals surface area contributed by atoms with Crippen molar-refractivity contribution in [2.45, 2.75) is 45.1 Å². The summed E-state index contributed by atoms with van der Waals surface area (Å²) in [7, 11) is 3.31. The van der Waals surface area contributed by atoms with Crippen LogP contribution in [0.25, 0.3) is 0 Å². The number of ether oxygens (including phenoxy) is 1. The lowest BCUT2D eigenvalue weighted by molar-refractivity contribution is -0.120. The van der Waals surface area contributed by atoms with E-state index in [1.165, 1.54) is 13.5 Å². The molecule has 0 aromatic heterocycles. The third kappa shape index (κ3) is 4.53. The van der Waals surface area contributed by atoms with Crippen molar-refractivity contribution in [2.24, 2.45) is 0 Å². The van der Waals surface area contributed by atoms with E-state index in [2.05, 4.69) is 5.32 Å². The smallest absolute Gasteiger partial charge is 0.283 e. The van der Waals surface area contributed by atoms with Gasteiger partial charge in [0.2, 0.25) is 0 Å². The lowest BCUT2D eigenvalue weighted by atomic mass is 9.94. The van der Waals surface area contributed by atoms with Gasteiger partial charge in [0, 0.05) is 24.3 Å². The first-order valence-corrected chi connectivity index (χ1v) is 11.8. The third-order valence-electron chi connectivity index (χ3n) is 6.42. The zero-order chi connectivity index (χ0) is 24.4. The van der Waals surface area contributed by atoms with Crippen LogP contribution in [-0.2, 0) is 9.59 Å². The van der Waals surface area contributed by atoms with Crippen molar-refractivity contribution in [2.75, 3.05) is 24.4 Å². The molecule has 2 aliphatic rings. The molecule has 8 heteroatoms. The number of anilines is 2. The molecule has 0 saturated heterocycles. The molecule has 0 atom stereocenters. The van der Waals surface area contributed by atoms with Crippen LogP contribution >= 0.6 is 11.6 Å². The number of halogens is 1. The maximum absolute atomic E-state index is 13.2. The fourth-order valence-electron chi connectivity index (χ4n) is 4.52. The molecule has 0 radical (unpaired) electrons. The van der Waals surface area contributed by atoms with Crippen molar-refractivity contribution in [3.63, 3.8) is 0 Å². The summed E-state index contributed by atoms with van der Waals surface area (Å²) in [5.41, 5.74) is 2.15. The number of methoxy groups -OCH3 is 1. The minimum atomic E-state index is -0.637. The predicted octanol–water partition coefficient (Wildman–Crippen LogP) is 4.84. The zero-order valence-electron chi connectivity index (χ0n) is 19.6. The summed E-state index contributed by atoms with van der Waals surface area (Å²) in [6, 6.07) is 12.3. The predicted molar refractivity (Wildman–Crippen MR) is 132 cm³/mol. The summed E-state index contributed by atoms with van der Waals surface area (Å²) in [4.78, 5) is 42.0. The summed E-state index contributed by atoms with van der Waals surface area (Å²) in [6.45, 7) is 1.86. The highest BCUT2D eigenvalue weighted by Gasteiger charge is 2.40. The summed E-state index contributed by atoms with van der Waals surface area (Å²) in [5.74, 6) is -0.913. The van der Waals surface area contributed by atoms with Crippen LogP contribution in [0.2, 0.25) is 0 Å². The first-order valence-electron chi connectivity index (χ1n) is 11.4. The second-order valence-corrected chi connectivity index (χ2v) is 9.10. The summed E-state index contributed by atoms with van der Waals surface area (Å²) < 4.78 is 5.34. The number of carbonyl (C=O) groups is 3. The molecule has 1 aliphatic carbocycles. The van der Waals surface area contributed by atoms with E-state index in [1.807, 2.05) is 20.0 Å². The molecule has 1 saturated carbocycles. The van der Waals surface area contributed by atoms with Crippen molar-refractivity contribution in [3.8, 4) is 5.75 Å². The molecule has 1 fully saturated rings. The Balaban J connectivity index is 1.56. The van der Waals surface area contributed by atoms with Crippen LogP contribution in [0.4, 0.5) is 11.4 Å². The largest absolute Gasteiger partial charge is 0.495 e. The summed E-state index contributed by atoms with van der Waals surface area (Å²) >= 11 is 6.30. The Kier molecular flexibility index (Phi) is 6.93. The molecule has 4 rings (SSSR count). The number of aryl methyl sites for hydroxylation is 1. The Labute approximate surface area is 204 Å². The molecule has 1 aliphatic heterocycles. The molecule has 1 N–H and O–H groups in total. The lowest BCUT2D eigenvalue weighted by Gasteiger charge is -2.31. The number of hydrogen-bond donors (Lipinski definition) is 1. The van der Waals surface area contributed by atoms with E-state index in [4.69, 9.17) is 16.3 Å². The molecule has 3 amide bonds. The normalized spacial score (nSPS) is 16.8. The van der Waals surface area contributed by atoms with Crippen LogP contribution in [-0.4, -0.2) is 42.8 Å². The quantitative estimate of drug-likeness (QED) is 0.597. The van der Waals surface area contributed by atoms with Gasteiger partial charge in [-0.3, -0.25) is 14.4 Å². The Hall–Kier alpha value is -3.32. The minimum Gasteiger partial charge on any atom is -0.495 e. The number of amides is 3. The monoisotopic (exact) mass is 481 g/mol. The number of rotatable bonds is 6. The SMILES string of the molecule is COc1ccc(C)cc1N1C(=O)C(Cl)=C(Nc2cccc(C(=O)N(C)C3CCCCC3)c2)C1=O. The Morgan fingerprint density at radius 1 is 1.09 bits per heavy atom. The average Bonchev–Trinajstić information content (AvgIpc) is 3.06. The van der Waals surface area contributed by atoms with Gasteiger partial charge < -0.3 is 15.0 Å². The van der Waals surface area contributed by atoms with Gasteiger partial charge in [-0.1, -0.05) is 43.0 Å². The van der Waals surface area contributed by atoms with Crippen molar-refractivity contribution in [3.05, 3.63) is 64.3 Å². The van der Waals surface area contributed by atoms with Crippen LogP contribution in [0, 0.1) is 6.92 Å². The fourth-order valence-corrected chi connectivity index (χ4v) is 4.73. The Morgan fingerprint density at radius 2 is 1.82 bits per heavy atom. The molecule has 34 heavy (non-hydrogen) atoms. The van der Waals surface area contributed by atoms with Gasteiger partial charge in [0.25, 0.3) is 17.7 Å². The van der Waals surface area contributed by atoms with E-state index in [-0.39, 0.29) is 22.7 Å². The van der Waals surface area contributed by atoms with E-state index < -0.39 is 11.8 Å². The van der Waals surface area contributed by atoms with Crippen molar-refractivity contribution >= 4 is 40.7 Å². The van der Waals surface area contributed by atoms with Crippen LogP contribution in [0.15, 0.2) is 53.2 Å². The van der Waals surface area contributed by atoms with E-state index in [1.54, 1.807) is 41.3 Å². The van der Waals surface area contributed by atoms with Gasteiger partial charge in [0.1, 0.15) is 16.5 Å². The van der Waals surface area contributed by atoms with Gasteiger partial charge in [-0.05, 0) is 55.7 Å². The molecular weight excluding hydrogens is 454 g/mol. The highest BCUT2D eigenvalue weighted by molar-refractivity contribution is 6.53. The third-order valence-corrected chi connectivity index (χ3v) is 6.77. The second kappa shape index (κ2) is 9.89. The summed E-state index contributed by atoms with van der Waals surface area (Å²) in [6.07, 6.45) is 5.50. The highest BCUT2D eigenvalue weighted by atomic mass is 35.5. The van der Waals surface area contributed by atoms with E-state index in [0.717, 1.165) is 36.1 Å². The first kappa shape index (κ1) is 23.8. The van der Waals surface area contributed by atoms with Crippen LogP contribution in [0.3, 0.4) is 0 Å². The van der Waals surface area contributed by atoms with E-state index in [9.17, 15) is 14.4 Å². The fraction of sp³-hybridized carbons (Fsp3) is 0.346. The number of carbonyl (C=O) groups excluding carboxylic acids is 3. The molecule has 0 spiro atoms. The van der Waals surface area contributed by atoms with Gasteiger partial charge in [0.15, 0.2) is 0 Å². The van der Waals surface area contributed by atoms with Crippen molar-refractivity contribution in [1.29, 1.82) is 0 Å². The van der Waals surface area contributed by atoms with Gasteiger partial charge in [0.05, 0.1) is 12.8 Å².